The smallest absolute Gasteiger partial charge is 0.212 e. The van der Waals surface area contributed by atoms with Gasteiger partial charge in [-0.2, -0.15) is 0 Å². The van der Waals surface area contributed by atoms with E-state index in [9.17, 15) is 5.11 Å². The fourth-order valence-electron chi connectivity index (χ4n) is 4.07. The Labute approximate surface area is 133 Å². The number of pyridine rings is 1. The molecule has 22 heavy (non-hydrogen) atoms. The van der Waals surface area contributed by atoms with Gasteiger partial charge in [0.25, 0.3) is 0 Å². The number of hydrogen-bond acceptors (Lipinski definition) is 4. The van der Waals surface area contributed by atoms with E-state index in [4.69, 9.17) is 4.74 Å². The SMILES string of the molecule is COc1ccc([C@]2(O)CC[C@@H](N3CCCC(C)C3)CC2)cn1. The summed E-state index contributed by atoms with van der Waals surface area (Å²) in [4.78, 5) is 6.90. The number of ether oxygens (including phenoxy) is 1. The fraction of sp³-hybridized carbons (Fsp3) is 0.722. The van der Waals surface area contributed by atoms with Gasteiger partial charge in [-0.05, 0) is 57.1 Å². The van der Waals surface area contributed by atoms with Crippen LogP contribution in [0.3, 0.4) is 0 Å². The lowest BCUT2D eigenvalue weighted by atomic mass is 9.77. The van der Waals surface area contributed by atoms with Crippen LogP contribution in [0.1, 0.15) is 51.0 Å². The Hall–Kier alpha value is -1.13. The van der Waals surface area contributed by atoms with Gasteiger partial charge in [0.05, 0.1) is 12.7 Å². The Morgan fingerprint density at radius 2 is 2.05 bits per heavy atom. The molecule has 1 saturated carbocycles. The van der Waals surface area contributed by atoms with Gasteiger partial charge in [0.1, 0.15) is 0 Å². The van der Waals surface area contributed by atoms with E-state index in [1.54, 1.807) is 13.3 Å². The predicted molar refractivity (Wildman–Crippen MR) is 86.9 cm³/mol. The molecule has 1 N–H and O–H groups in total. The summed E-state index contributed by atoms with van der Waals surface area (Å²) in [5, 5.41) is 11.0. The van der Waals surface area contributed by atoms with Crippen LogP contribution in [-0.2, 0) is 5.60 Å². The maximum absolute atomic E-state index is 11.0. The Bertz CT molecular complexity index is 480. The molecule has 4 heteroatoms. The minimum atomic E-state index is -0.711. The molecule has 0 aromatic carbocycles. The number of aromatic nitrogens is 1. The zero-order valence-electron chi connectivity index (χ0n) is 13.8. The van der Waals surface area contributed by atoms with E-state index in [0.29, 0.717) is 11.9 Å². The molecule has 1 unspecified atom stereocenters. The Kier molecular flexibility index (Phi) is 4.69. The number of rotatable bonds is 3. The van der Waals surface area contributed by atoms with E-state index in [1.165, 1.54) is 25.9 Å². The maximum Gasteiger partial charge on any atom is 0.212 e. The topological polar surface area (TPSA) is 45.6 Å². The van der Waals surface area contributed by atoms with Crippen molar-refractivity contribution in [3.8, 4) is 5.88 Å². The molecule has 2 heterocycles. The molecule has 1 aromatic heterocycles. The zero-order valence-corrected chi connectivity index (χ0v) is 13.8. The average molecular weight is 304 g/mol. The lowest BCUT2D eigenvalue weighted by molar-refractivity contribution is -0.0304. The third kappa shape index (κ3) is 3.28. The molecule has 1 aliphatic carbocycles. The first kappa shape index (κ1) is 15.8. The van der Waals surface area contributed by atoms with Crippen LogP contribution in [0.5, 0.6) is 5.88 Å². The van der Waals surface area contributed by atoms with Crippen LogP contribution in [0.4, 0.5) is 0 Å². The minimum Gasteiger partial charge on any atom is -0.481 e. The summed E-state index contributed by atoms with van der Waals surface area (Å²) < 4.78 is 5.10. The lowest BCUT2D eigenvalue weighted by Gasteiger charge is -2.43. The van der Waals surface area contributed by atoms with Crippen LogP contribution in [0, 0.1) is 5.92 Å². The lowest BCUT2D eigenvalue weighted by Crippen LogP contribution is -2.46. The maximum atomic E-state index is 11.0. The van der Waals surface area contributed by atoms with Gasteiger partial charge in [-0.15, -0.1) is 0 Å². The monoisotopic (exact) mass is 304 g/mol. The summed E-state index contributed by atoms with van der Waals surface area (Å²) in [6.07, 6.45) is 8.27. The van der Waals surface area contributed by atoms with Crippen LogP contribution in [0.15, 0.2) is 18.3 Å². The summed E-state index contributed by atoms with van der Waals surface area (Å²) in [6.45, 7) is 4.82. The van der Waals surface area contributed by atoms with Crippen LogP contribution in [0.25, 0.3) is 0 Å². The highest BCUT2D eigenvalue weighted by atomic mass is 16.5. The number of piperidine rings is 1. The van der Waals surface area contributed by atoms with Crippen LogP contribution >= 0.6 is 0 Å². The third-order valence-electron chi connectivity index (χ3n) is 5.47. The zero-order chi connectivity index (χ0) is 15.6. The summed E-state index contributed by atoms with van der Waals surface area (Å²) in [6, 6.07) is 4.44. The van der Waals surface area contributed by atoms with E-state index in [0.717, 1.165) is 37.2 Å². The normalized spacial score (nSPS) is 33.6. The summed E-state index contributed by atoms with van der Waals surface area (Å²) in [5.74, 6) is 1.42. The van der Waals surface area contributed by atoms with Crippen molar-refractivity contribution in [1.82, 2.24) is 9.88 Å². The molecule has 2 fully saturated rings. The molecule has 0 radical (unpaired) electrons. The van der Waals surface area contributed by atoms with Crippen molar-refractivity contribution >= 4 is 0 Å². The van der Waals surface area contributed by atoms with Gasteiger partial charge in [-0.1, -0.05) is 6.92 Å². The van der Waals surface area contributed by atoms with Gasteiger partial charge < -0.3 is 14.7 Å². The van der Waals surface area contributed by atoms with E-state index in [-0.39, 0.29) is 0 Å². The first-order valence-electron chi connectivity index (χ1n) is 8.58. The molecular weight excluding hydrogens is 276 g/mol. The first-order chi connectivity index (χ1) is 10.6. The second kappa shape index (κ2) is 6.55. The second-order valence-corrected chi connectivity index (χ2v) is 7.09. The number of aliphatic hydroxyl groups is 1. The highest BCUT2D eigenvalue weighted by Gasteiger charge is 2.37. The van der Waals surface area contributed by atoms with Crippen molar-refractivity contribution < 1.29 is 9.84 Å². The molecule has 1 saturated heterocycles. The molecule has 1 aromatic rings. The molecule has 4 nitrogen and oxygen atoms in total. The standard InChI is InChI=1S/C18H28N2O2/c1-14-4-3-11-20(13-14)16-7-9-18(21,10-8-16)15-5-6-17(22-2)19-12-15/h5-6,12,14,16,21H,3-4,7-11,13H2,1-2H3/t14?,16-,18+. The van der Waals surface area contributed by atoms with Crippen molar-refractivity contribution in [1.29, 1.82) is 0 Å². The van der Waals surface area contributed by atoms with Gasteiger partial charge in [-0.25, -0.2) is 4.98 Å². The molecular formula is C18H28N2O2. The predicted octanol–water partition coefficient (Wildman–Crippen LogP) is 2.95. The number of hydrogen-bond donors (Lipinski definition) is 1. The van der Waals surface area contributed by atoms with Crippen molar-refractivity contribution in [2.24, 2.45) is 5.92 Å². The van der Waals surface area contributed by atoms with Gasteiger partial charge in [0.15, 0.2) is 0 Å². The molecule has 0 bridgehead atoms. The van der Waals surface area contributed by atoms with Gasteiger partial charge in [0, 0.05) is 30.4 Å². The Morgan fingerprint density at radius 1 is 1.27 bits per heavy atom. The molecule has 2 aliphatic rings. The van der Waals surface area contributed by atoms with E-state index >= 15 is 0 Å². The molecule has 1 atom stereocenters. The highest BCUT2D eigenvalue weighted by Crippen LogP contribution is 2.39. The largest absolute Gasteiger partial charge is 0.481 e. The van der Waals surface area contributed by atoms with Crippen molar-refractivity contribution in [2.45, 2.75) is 57.1 Å². The molecule has 1 aliphatic heterocycles. The van der Waals surface area contributed by atoms with Gasteiger partial charge in [-0.3, -0.25) is 0 Å². The molecule has 0 amide bonds. The van der Waals surface area contributed by atoms with Crippen LogP contribution < -0.4 is 4.74 Å². The average Bonchev–Trinajstić information content (AvgIpc) is 2.55. The summed E-state index contributed by atoms with van der Waals surface area (Å²) in [7, 11) is 1.61. The van der Waals surface area contributed by atoms with E-state index < -0.39 is 5.60 Å². The molecule has 0 spiro atoms. The number of methoxy groups -OCH3 is 1. The first-order valence-corrected chi connectivity index (χ1v) is 8.58. The van der Waals surface area contributed by atoms with Crippen LogP contribution in [-0.4, -0.2) is 41.2 Å². The third-order valence-corrected chi connectivity index (χ3v) is 5.47. The second-order valence-electron chi connectivity index (χ2n) is 7.09. The number of nitrogens with zero attached hydrogens (tertiary/aromatic N) is 2. The van der Waals surface area contributed by atoms with Gasteiger partial charge in [0.2, 0.25) is 5.88 Å². The van der Waals surface area contributed by atoms with Crippen molar-refractivity contribution in [3.63, 3.8) is 0 Å². The Balaban J connectivity index is 1.62. The van der Waals surface area contributed by atoms with Gasteiger partial charge >= 0.3 is 0 Å². The highest BCUT2D eigenvalue weighted by molar-refractivity contribution is 5.24. The number of likely N-dealkylation sites (tertiary alicyclic amines) is 1. The summed E-state index contributed by atoms with van der Waals surface area (Å²) >= 11 is 0. The van der Waals surface area contributed by atoms with Crippen LogP contribution in [0.2, 0.25) is 0 Å². The quantitative estimate of drug-likeness (QED) is 0.932. The molecule has 3 rings (SSSR count). The molecule has 122 valence electrons. The minimum absolute atomic E-state index is 0.600. The van der Waals surface area contributed by atoms with E-state index in [2.05, 4.69) is 16.8 Å². The van der Waals surface area contributed by atoms with Crippen molar-refractivity contribution in [3.05, 3.63) is 23.9 Å². The Morgan fingerprint density at radius 3 is 2.64 bits per heavy atom. The summed E-state index contributed by atoms with van der Waals surface area (Å²) in [5.41, 5.74) is 0.218. The van der Waals surface area contributed by atoms with E-state index in [1.807, 2.05) is 12.1 Å². The fourth-order valence-corrected chi connectivity index (χ4v) is 4.07. The van der Waals surface area contributed by atoms with Crippen molar-refractivity contribution in [2.75, 3.05) is 20.2 Å².